The molecular weight excluding hydrogens is 418 g/mol. The number of furan rings is 1. The number of rotatable bonds is 8. The van der Waals surface area contributed by atoms with Crippen LogP contribution in [0.2, 0.25) is 0 Å². The Morgan fingerprint density at radius 1 is 1.12 bits per heavy atom. The molecule has 0 aliphatic heterocycles. The van der Waals surface area contributed by atoms with Crippen molar-refractivity contribution in [3.8, 4) is 23.5 Å². The molecule has 168 valence electrons. The van der Waals surface area contributed by atoms with E-state index in [1.165, 1.54) is 37.3 Å². The van der Waals surface area contributed by atoms with E-state index < -0.39 is 5.97 Å². The van der Waals surface area contributed by atoms with Gasteiger partial charge >= 0.3 is 12.0 Å². The fourth-order valence-corrected chi connectivity index (χ4v) is 3.00. The number of benzene rings is 1. The lowest BCUT2D eigenvalue weighted by Gasteiger charge is -2.14. The molecule has 32 heavy (non-hydrogen) atoms. The largest absolute Gasteiger partial charge is 0.481 e. The topological polar surface area (TPSA) is 113 Å². The van der Waals surface area contributed by atoms with E-state index in [4.69, 9.17) is 23.4 Å². The molecule has 0 saturated carbocycles. The van der Waals surface area contributed by atoms with Gasteiger partial charge in [-0.25, -0.2) is 4.79 Å². The minimum atomic E-state index is -0.728. The highest BCUT2D eigenvalue weighted by atomic mass is 16.5. The van der Waals surface area contributed by atoms with Gasteiger partial charge in [-0.15, -0.1) is 0 Å². The van der Waals surface area contributed by atoms with Crippen molar-refractivity contribution < 1.29 is 33.0 Å². The van der Waals surface area contributed by atoms with Gasteiger partial charge in [-0.2, -0.15) is 9.97 Å². The fraction of sp³-hybridized carbons (Fsp3) is 0.273. The number of amides is 1. The van der Waals surface area contributed by atoms with Gasteiger partial charge in [-0.1, -0.05) is 12.7 Å². The number of aromatic nitrogens is 2. The van der Waals surface area contributed by atoms with Crippen LogP contribution in [0.25, 0.3) is 11.0 Å². The van der Waals surface area contributed by atoms with E-state index in [1.54, 1.807) is 27.1 Å². The number of nitrogens with zero attached hydrogens (tertiary/aromatic N) is 3. The van der Waals surface area contributed by atoms with Crippen LogP contribution in [0.4, 0.5) is 0 Å². The second kappa shape index (κ2) is 9.38. The van der Waals surface area contributed by atoms with Gasteiger partial charge in [0, 0.05) is 14.1 Å². The van der Waals surface area contributed by atoms with Crippen molar-refractivity contribution in [3.05, 3.63) is 47.7 Å². The predicted octanol–water partition coefficient (Wildman–Crippen LogP) is 3.39. The second-order valence-electron chi connectivity index (χ2n) is 6.77. The smallest absolute Gasteiger partial charge is 0.343 e. The van der Waals surface area contributed by atoms with E-state index in [0.717, 1.165) is 0 Å². The molecule has 2 heterocycles. The van der Waals surface area contributed by atoms with Gasteiger partial charge in [0.25, 0.3) is 5.91 Å². The third-order valence-electron chi connectivity index (χ3n) is 4.43. The number of carbonyl (C=O) groups is 2. The molecule has 0 N–H and O–H groups in total. The average Bonchev–Trinajstić information content (AvgIpc) is 3.11. The average molecular weight is 441 g/mol. The Morgan fingerprint density at radius 2 is 1.78 bits per heavy atom. The minimum absolute atomic E-state index is 0.00298. The Bertz CT molecular complexity index is 1160. The maximum atomic E-state index is 13.0. The molecule has 10 nitrogen and oxygen atoms in total. The molecule has 3 rings (SSSR count). The highest BCUT2D eigenvalue weighted by Gasteiger charge is 2.29. The van der Waals surface area contributed by atoms with Crippen molar-refractivity contribution in [1.82, 2.24) is 14.9 Å². The molecule has 0 aliphatic carbocycles. The lowest BCUT2D eigenvalue weighted by molar-refractivity contribution is 0.0549. The monoisotopic (exact) mass is 441 g/mol. The molecule has 1 aromatic carbocycles. The second-order valence-corrected chi connectivity index (χ2v) is 6.77. The van der Waals surface area contributed by atoms with E-state index in [-0.39, 0.29) is 52.5 Å². The number of ether oxygens (including phenoxy) is 4. The van der Waals surface area contributed by atoms with Gasteiger partial charge in [0.1, 0.15) is 29.3 Å². The summed E-state index contributed by atoms with van der Waals surface area (Å²) in [5, 5.41) is 0.266. The molecule has 3 aromatic rings. The van der Waals surface area contributed by atoms with E-state index in [9.17, 15) is 9.59 Å². The molecule has 1 amide bonds. The Labute approximate surface area is 184 Å². The molecule has 0 radical (unpaired) electrons. The van der Waals surface area contributed by atoms with Crippen LogP contribution in [0.5, 0.6) is 23.5 Å². The number of esters is 1. The zero-order valence-corrected chi connectivity index (χ0v) is 18.4. The summed E-state index contributed by atoms with van der Waals surface area (Å²) in [4.78, 5) is 35.5. The summed E-state index contributed by atoms with van der Waals surface area (Å²) in [6.07, 6.45) is 1.43. The molecule has 0 bridgehead atoms. The first-order valence-electron chi connectivity index (χ1n) is 9.51. The molecule has 0 aliphatic rings. The van der Waals surface area contributed by atoms with Crippen molar-refractivity contribution in [2.24, 2.45) is 0 Å². The first kappa shape index (κ1) is 22.6. The SMILES string of the molecule is C=CCOC(=O)c1c(Oc2nc(OC)cc(OC)n2)ccc2oc(C)c(C(=O)N(C)C)c12. The molecular formula is C22H23N3O7. The van der Waals surface area contributed by atoms with Gasteiger partial charge in [-0.3, -0.25) is 4.79 Å². The number of aryl methyl sites for hydroxylation is 1. The van der Waals surface area contributed by atoms with Crippen LogP contribution in [-0.4, -0.2) is 61.7 Å². The predicted molar refractivity (Wildman–Crippen MR) is 115 cm³/mol. The van der Waals surface area contributed by atoms with Crippen LogP contribution in [0.1, 0.15) is 26.5 Å². The van der Waals surface area contributed by atoms with Gasteiger partial charge in [0.2, 0.25) is 11.8 Å². The molecule has 0 unspecified atom stereocenters. The standard InChI is InChI=1S/C22H23N3O7/c1-7-10-30-21(27)19-14(32-22-23-15(28-5)11-16(24-22)29-6)9-8-13-18(19)17(12(2)31-13)20(26)25(3)4/h7-9,11H,1,10H2,2-6H3. The highest BCUT2D eigenvalue weighted by Crippen LogP contribution is 2.37. The van der Waals surface area contributed by atoms with Crippen LogP contribution in [0, 0.1) is 6.92 Å². The number of hydrogen-bond donors (Lipinski definition) is 0. The molecule has 0 saturated heterocycles. The van der Waals surface area contributed by atoms with Gasteiger partial charge in [-0.05, 0) is 19.1 Å². The summed E-state index contributed by atoms with van der Waals surface area (Å²) < 4.78 is 27.1. The number of carbonyl (C=O) groups excluding carboxylic acids is 2. The first-order chi connectivity index (χ1) is 15.3. The number of hydrogen-bond acceptors (Lipinski definition) is 9. The highest BCUT2D eigenvalue weighted by molar-refractivity contribution is 6.15. The van der Waals surface area contributed by atoms with Gasteiger partial charge in [0.15, 0.2) is 0 Å². The van der Waals surface area contributed by atoms with Crippen molar-refractivity contribution >= 4 is 22.8 Å². The maximum absolute atomic E-state index is 13.0. The Balaban J connectivity index is 2.24. The normalized spacial score (nSPS) is 10.5. The van der Waals surface area contributed by atoms with Gasteiger partial charge in [0.05, 0.1) is 31.2 Å². The van der Waals surface area contributed by atoms with Crippen molar-refractivity contribution in [2.45, 2.75) is 6.92 Å². The van der Waals surface area contributed by atoms with Crippen molar-refractivity contribution in [1.29, 1.82) is 0 Å². The van der Waals surface area contributed by atoms with Crippen LogP contribution in [-0.2, 0) is 4.74 Å². The Kier molecular flexibility index (Phi) is 6.62. The summed E-state index contributed by atoms with van der Waals surface area (Å²) in [6.45, 7) is 5.16. The summed E-state index contributed by atoms with van der Waals surface area (Å²) in [5.41, 5.74) is 0.552. The third-order valence-corrected chi connectivity index (χ3v) is 4.43. The summed E-state index contributed by atoms with van der Waals surface area (Å²) in [5.74, 6) is -0.245. The van der Waals surface area contributed by atoms with Crippen molar-refractivity contribution in [2.75, 3.05) is 34.9 Å². The summed E-state index contributed by atoms with van der Waals surface area (Å²) in [6, 6.07) is 4.45. The third kappa shape index (κ3) is 4.34. The van der Waals surface area contributed by atoms with E-state index in [0.29, 0.717) is 11.3 Å². The summed E-state index contributed by atoms with van der Waals surface area (Å²) >= 11 is 0. The fourth-order valence-electron chi connectivity index (χ4n) is 3.00. The van der Waals surface area contributed by atoms with Gasteiger partial charge < -0.3 is 28.3 Å². The lowest BCUT2D eigenvalue weighted by Crippen LogP contribution is -2.22. The van der Waals surface area contributed by atoms with Crippen molar-refractivity contribution in [3.63, 3.8) is 0 Å². The van der Waals surface area contributed by atoms with Crippen LogP contribution < -0.4 is 14.2 Å². The van der Waals surface area contributed by atoms with E-state index >= 15 is 0 Å². The zero-order chi connectivity index (χ0) is 23.4. The molecule has 2 aromatic heterocycles. The maximum Gasteiger partial charge on any atom is 0.343 e. The van der Waals surface area contributed by atoms with E-state index in [1.807, 2.05) is 0 Å². The van der Waals surface area contributed by atoms with Crippen LogP contribution in [0.15, 0.2) is 35.3 Å². The van der Waals surface area contributed by atoms with E-state index in [2.05, 4.69) is 16.5 Å². The molecule has 0 fully saturated rings. The minimum Gasteiger partial charge on any atom is -0.481 e. The molecule has 0 atom stereocenters. The molecule has 10 heteroatoms. The number of fused-ring (bicyclic) bond motifs is 1. The quantitative estimate of drug-likeness (QED) is 0.383. The first-order valence-corrected chi connectivity index (χ1v) is 9.51. The Hall–Kier alpha value is -4.08. The Morgan fingerprint density at radius 3 is 2.34 bits per heavy atom. The zero-order valence-electron chi connectivity index (χ0n) is 18.4. The number of methoxy groups -OCH3 is 2. The van der Waals surface area contributed by atoms with Crippen LogP contribution in [0.3, 0.4) is 0 Å². The van der Waals surface area contributed by atoms with Crippen LogP contribution >= 0.6 is 0 Å². The lowest BCUT2D eigenvalue weighted by atomic mass is 10.0. The summed E-state index contributed by atoms with van der Waals surface area (Å²) in [7, 11) is 6.08. The molecule has 0 spiro atoms.